The van der Waals surface area contributed by atoms with Crippen LogP contribution in [0.4, 0.5) is 0 Å². The van der Waals surface area contributed by atoms with Gasteiger partial charge in [-0.3, -0.25) is 14.4 Å². The first-order valence-electron chi connectivity index (χ1n) is 7.89. The fourth-order valence-electron chi connectivity index (χ4n) is 2.87. The van der Waals surface area contributed by atoms with Crippen LogP contribution in [-0.4, -0.2) is 35.5 Å². The summed E-state index contributed by atoms with van der Waals surface area (Å²) < 4.78 is 0. The Morgan fingerprint density at radius 3 is 2.52 bits per heavy atom. The van der Waals surface area contributed by atoms with Crippen LogP contribution in [0.2, 0.25) is 0 Å². The van der Waals surface area contributed by atoms with Crippen LogP contribution in [0, 0.1) is 5.92 Å². The third-order valence-corrected chi connectivity index (χ3v) is 4.06. The summed E-state index contributed by atoms with van der Waals surface area (Å²) >= 11 is 0. The molecule has 1 aromatic rings. The molecule has 1 saturated carbocycles. The summed E-state index contributed by atoms with van der Waals surface area (Å²) in [6.45, 7) is 0.252. The molecule has 1 aliphatic carbocycles. The summed E-state index contributed by atoms with van der Waals surface area (Å²) in [6, 6.07) is 9.09. The smallest absolute Gasteiger partial charge is 0.308 e. The van der Waals surface area contributed by atoms with Gasteiger partial charge < -0.3 is 15.7 Å². The van der Waals surface area contributed by atoms with Gasteiger partial charge in [0.2, 0.25) is 11.8 Å². The first kappa shape index (κ1) is 17.0. The zero-order chi connectivity index (χ0) is 16.7. The molecule has 1 aromatic carbocycles. The highest BCUT2D eigenvalue weighted by atomic mass is 16.4. The molecule has 1 aliphatic rings. The average molecular weight is 318 g/mol. The predicted octanol–water partition coefficient (Wildman–Crippen LogP) is 1.10. The molecule has 0 heterocycles. The van der Waals surface area contributed by atoms with E-state index < -0.39 is 11.9 Å². The van der Waals surface area contributed by atoms with Gasteiger partial charge in [-0.05, 0) is 18.4 Å². The highest BCUT2D eigenvalue weighted by molar-refractivity contribution is 5.81. The Hall–Kier alpha value is -2.37. The summed E-state index contributed by atoms with van der Waals surface area (Å²) in [5, 5.41) is 14.5. The van der Waals surface area contributed by atoms with E-state index in [1.54, 1.807) is 0 Å². The number of aliphatic carboxylic acids is 1. The summed E-state index contributed by atoms with van der Waals surface area (Å²) in [6.07, 6.45) is 2.56. The minimum absolute atomic E-state index is 0.131. The predicted molar refractivity (Wildman–Crippen MR) is 84.7 cm³/mol. The number of carboxylic acids is 1. The molecule has 23 heavy (non-hydrogen) atoms. The van der Waals surface area contributed by atoms with Gasteiger partial charge in [-0.2, -0.15) is 0 Å². The van der Waals surface area contributed by atoms with Crippen LogP contribution >= 0.6 is 0 Å². The molecule has 0 radical (unpaired) electrons. The van der Waals surface area contributed by atoms with Gasteiger partial charge in [0, 0.05) is 19.0 Å². The lowest BCUT2D eigenvalue weighted by Gasteiger charge is -2.17. The number of rotatable bonds is 7. The molecule has 0 aromatic heterocycles. The second-order valence-electron chi connectivity index (χ2n) is 5.81. The molecule has 1 fully saturated rings. The fourth-order valence-corrected chi connectivity index (χ4v) is 2.87. The van der Waals surface area contributed by atoms with E-state index in [0.717, 1.165) is 12.0 Å². The molecule has 6 heteroatoms. The topological polar surface area (TPSA) is 95.5 Å². The van der Waals surface area contributed by atoms with E-state index in [1.807, 2.05) is 30.3 Å². The van der Waals surface area contributed by atoms with Crippen LogP contribution in [0.25, 0.3) is 0 Å². The zero-order valence-corrected chi connectivity index (χ0v) is 13.0. The molecule has 0 spiro atoms. The maximum atomic E-state index is 11.9. The average Bonchev–Trinajstić information content (AvgIpc) is 2.96. The third kappa shape index (κ3) is 5.39. The van der Waals surface area contributed by atoms with Gasteiger partial charge in [-0.15, -0.1) is 0 Å². The summed E-state index contributed by atoms with van der Waals surface area (Å²) in [5.41, 5.74) is 0.921. The molecule has 124 valence electrons. The van der Waals surface area contributed by atoms with Crippen molar-refractivity contribution >= 4 is 17.8 Å². The SMILES string of the molecule is O=C(Cc1ccccc1)NCCC(=O)N[C@H]1CCC[C@H]1C(=O)O. The van der Waals surface area contributed by atoms with E-state index >= 15 is 0 Å². The van der Waals surface area contributed by atoms with Gasteiger partial charge in [0.25, 0.3) is 0 Å². The molecule has 2 atom stereocenters. The number of carboxylic acid groups (broad SMARTS) is 1. The van der Waals surface area contributed by atoms with Crippen LogP contribution in [0.1, 0.15) is 31.2 Å². The molecule has 3 N–H and O–H groups in total. The number of amides is 2. The fraction of sp³-hybridized carbons (Fsp3) is 0.471. The van der Waals surface area contributed by atoms with E-state index in [9.17, 15) is 14.4 Å². The molecule has 0 bridgehead atoms. The first-order chi connectivity index (χ1) is 11.1. The summed E-state index contributed by atoms with van der Waals surface area (Å²) in [4.78, 5) is 34.7. The van der Waals surface area contributed by atoms with Gasteiger partial charge >= 0.3 is 5.97 Å². The molecular formula is C17H22N2O4. The maximum Gasteiger partial charge on any atom is 0.308 e. The summed E-state index contributed by atoms with van der Waals surface area (Å²) in [7, 11) is 0. The monoisotopic (exact) mass is 318 g/mol. The molecule has 2 rings (SSSR count). The molecule has 0 unspecified atom stereocenters. The second-order valence-corrected chi connectivity index (χ2v) is 5.81. The number of carbonyl (C=O) groups excluding carboxylic acids is 2. The van der Waals surface area contributed by atoms with Gasteiger partial charge in [-0.25, -0.2) is 0 Å². The van der Waals surface area contributed by atoms with E-state index in [0.29, 0.717) is 12.8 Å². The van der Waals surface area contributed by atoms with Crippen LogP contribution in [0.5, 0.6) is 0 Å². The van der Waals surface area contributed by atoms with E-state index in [4.69, 9.17) is 5.11 Å². The zero-order valence-electron chi connectivity index (χ0n) is 13.0. The number of benzene rings is 1. The standard InChI is InChI=1S/C17H22N2O4/c20-15(19-14-8-4-7-13(14)17(22)23)9-10-18-16(21)11-12-5-2-1-3-6-12/h1-3,5-6,13-14H,4,7-11H2,(H,18,21)(H,19,20)(H,22,23)/t13-,14+/m1/s1. The summed E-state index contributed by atoms with van der Waals surface area (Å²) in [5.74, 6) is -1.70. The number of hydrogen-bond acceptors (Lipinski definition) is 3. The van der Waals surface area contributed by atoms with E-state index in [-0.39, 0.29) is 37.2 Å². The quantitative estimate of drug-likeness (QED) is 0.701. The lowest BCUT2D eigenvalue weighted by molar-refractivity contribution is -0.142. The molecule has 6 nitrogen and oxygen atoms in total. The number of carbonyl (C=O) groups is 3. The van der Waals surface area contributed by atoms with Crippen molar-refractivity contribution in [3.8, 4) is 0 Å². The van der Waals surface area contributed by atoms with Crippen molar-refractivity contribution in [3.05, 3.63) is 35.9 Å². The van der Waals surface area contributed by atoms with Crippen LogP contribution in [0.15, 0.2) is 30.3 Å². The molecular weight excluding hydrogens is 296 g/mol. The third-order valence-electron chi connectivity index (χ3n) is 4.06. The van der Waals surface area contributed by atoms with E-state index in [1.165, 1.54) is 0 Å². The van der Waals surface area contributed by atoms with Crippen LogP contribution < -0.4 is 10.6 Å². The number of nitrogens with one attached hydrogen (secondary N) is 2. The molecule has 0 aliphatic heterocycles. The van der Waals surface area contributed by atoms with Crippen molar-refractivity contribution in [1.82, 2.24) is 10.6 Å². The Labute approximate surface area is 135 Å². The molecule has 0 saturated heterocycles. The van der Waals surface area contributed by atoms with E-state index in [2.05, 4.69) is 10.6 Å². The van der Waals surface area contributed by atoms with Gasteiger partial charge in [0.1, 0.15) is 0 Å². The van der Waals surface area contributed by atoms with Crippen molar-refractivity contribution in [2.75, 3.05) is 6.54 Å². The van der Waals surface area contributed by atoms with Crippen molar-refractivity contribution in [3.63, 3.8) is 0 Å². The first-order valence-corrected chi connectivity index (χ1v) is 7.89. The number of hydrogen-bond donors (Lipinski definition) is 3. The second kappa shape index (κ2) is 8.31. The van der Waals surface area contributed by atoms with Crippen molar-refractivity contribution < 1.29 is 19.5 Å². The van der Waals surface area contributed by atoms with Crippen molar-refractivity contribution in [2.45, 2.75) is 38.1 Å². The van der Waals surface area contributed by atoms with Crippen molar-refractivity contribution in [1.29, 1.82) is 0 Å². The lowest BCUT2D eigenvalue weighted by Crippen LogP contribution is -2.41. The highest BCUT2D eigenvalue weighted by Gasteiger charge is 2.33. The van der Waals surface area contributed by atoms with Gasteiger partial charge in [0.05, 0.1) is 12.3 Å². The molecule has 2 amide bonds. The van der Waals surface area contributed by atoms with Gasteiger partial charge in [0.15, 0.2) is 0 Å². The minimum Gasteiger partial charge on any atom is -0.481 e. The Morgan fingerprint density at radius 1 is 1.09 bits per heavy atom. The Bertz CT molecular complexity index is 559. The van der Waals surface area contributed by atoms with Crippen LogP contribution in [-0.2, 0) is 20.8 Å². The van der Waals surface area contributed by atoms with Gasteiger partial charge in [-0.1, -0.05) is 36.8 Å². The maximum absolute atomic E-state index is 11.9. The minimum atomic E-state index is -0.857. The van der Waals surface area contributed by atoms with Crippen molar-refractivity contribution in [2.24, 2.45) is 5.92 Å². The Balaban J connectivity index is 1.66. The Morgan fingerprint density at radius 2 is 1.83 bits per heavy atom. The largest absolute Gasteiger partial charge is 0.481 e. The lowest BCUT2D eigenvalue weighted by atomic mass is 10.0. The van der Waals surface area contributed by atoms with Crippen LogP contribution in [0.3, 0.4) is 0 Å². The highest BCUT2D eigenvalue weighted by Crippen LogP contribution is 2.25. The Kier molecular flexibility index (Phi) is 6.14. The normalized spacial score (nSPS) is 20.0.